The van der Waals surface area contributed by atoms with Crippen LogP contribution in [0.25, 0.3) is 0 Å². The minimum absolute atomic E-state index is 0.173. The van der Waals surface area contributed by atoms with E-state index in [2.05, 4.69) is 5.32 Å². The topological polar surface area (TPSA) is 98.8 Å². The van der Waals surface area contributed by atoms with E-state index in [4.69, 9.17) is 10.8 Å². The molecule has 0 aliphatic carbocycles. The molecule has 1 aromatic heterocycles. The van der Waals surface area contributed by atoms with Crippen LogP contribution in [0.15, 0.2) is 59.5 Å². The van der Waals surface area contributed by atoms with Crippen molar-refractivity contribution in [3.63, 3.8) is 0 Å². The highest BCUT2D eigenvalue weighted by atomic mass is 19.1. The summed E-state index contributed by atoms with van der Waals surface area (Å²) >= 11 is 0. The lowest BCUT2D eigenvalue weighted by Crippen LogP contribution is -2.29. The number of rotatable bonds is 5. The van der Waals surface area contributed by atoms with Gasteiger partial charge in [-0.25, -0.2) is 4.39 Å². The van der Waals surface area contributed by atoms with Crippen molar-refractivity contribution in [2.75, 3.05) is 0 Å². The first-order valence-electron chi connectivity index (χ1n) is 7.41. The summed E-state index contributed by atoms with van der Waals surface area (Å²) in [4.78, 5) is 23.3. The normalized spacial score (nSPS) is 10.6. The molecule has 0 aliphatic heterocycles. The third-order valence-corrected chi connectivity index (χ3v) is 3.33. The van der Waals surface area contributed by atoms with E-state index >= 15 is 0 Å². The lowest BCUT2D eigenvalue weighted by atomic mass is 10.1. The van der Waals surface area contributed by atoms with Gasteiger partial charge in [0.1, 0.15) is 11.7 Å². The van der Waals surface area contributed by atoms with Gasteiger partial charge in [0.25, 0.3) is 5.91 Å². The number of nitrogens with zero attached hydrogens (tertiary/aromatic N) is 1. The van der Waals surface area contributed by atoms with E-state index in [0.717, 1.165) is 0 Å². The van der Waals surface area contributed by atoms with Crippen LogP contribution < -0.4 is 10.9 Å². The number of nitrogens with one attached hydrogen (secondary N) is 3. The molecule has 6 nitrogen and oxygen atoms in total. The van der Waals surface area contributed by atoms with Crippen LogP contribution in [0.4, 0.5) is 4.39 Å². The average Bonchev–Trinajstić information content (AvgIpc) is 2.55. The molecular weight excluding hydrogens is 323 g/mol. The zero-order chi connectivity index (χ0) is 18.4. The Kier molecular flexibility index (Phi) is 5.73. The van der Waals surface area contributed by atoms with Crippen molar-refractivity contribution in [2.24, 2.45) is 7.05 Å². The van der Waals surface area contributed by atoms with Gasteiger partial charge in [0, 0.05) is 31.4 Å². The third-order valence-electron chi connectivity index (χ3n) is 3.33. The molecule has 0 unspecified atom stereocenters. The summed E-state index contributed by atoms with van der Waals surface area (Å²) in [6.07, 6.45) is 4.24. The molecule has 0 fully saturated rings. The van der Waals surface area contributed by atoms with E-state index in [9.17, 15) is 14.0 Å². The second-order valence-electron chi connectivity index (χ2n) is 5.40. The molecule has 0 bridgehead atoms. The monoisotopic (exact) mass is 340 g/mol. The SMILES string of the molecule is Cn1cc(C(=O)NC(=N)/C=C\C(=N)Cc2cccc(F)c2)ccc1=O. The van der Waals surface area contributed by atoms with Crippen LogP contribution in [0.3, 0.4) is 0 Å². The number of carbonyl (C=O) groups excluding carboxylic acids is 1. The fraction of sp³-hybridized carbons (Fsp3) is 0.111. The molecule has 0 spiro atoms. The van der Waals surface area contributed by atoms with Gasteiger partial charge < -0.3 is 15.3 Å². The maximum atomic E-state index is 13.1. The Morgan fingerprint density at radius 1 is 1.24 bits per heavy atom. The Bertz CT molecular complexity index is 915. The zero-order valence-electron chi connectivity index (χ0n) is 13.5. The van der Waals surface area contributed by atoms with Crippen LogP contribution >= 0.6 is 0 Å². The van der Waals surface area contributed by atoms with Crippen molar-refractivity contribution in [1.82, 2.24) is 9.88 Å². The second-order valence-corrected chi connectivity index (χ2v) is 5.40. The van der Waals surface area contributed by atoms with Crippen molar-refractivity contribution < 1.29 is 9.18 Å². The molecule has 0 atom stereocenters. The molecule has 0 saturated carbocycles. The van der Waals surface area contributed by atoms with Gasteiger partial charge in [0.05, 0.1) is 5.56 Å². The molecule has 25 heavy (non-hydrogen) atoms. The number of hydrogen-bond donors (Lipinski definition) is 3. The van der Waals surface area contributed by atoms with Crippen LogP contribution in [0, 0.1) is 16.6 Å². The molecule has 7 heteroatoms. The largest absolute Gasteiger partial charge is 0.318 e. The van der Waals surface area contributed by atoms with Gasteiger partial charge in [-0.05, 0) is 35.9 Å². The van der Waals surface area contributed by atoms with E-state index < -0.39 is 5.91 Å². The Labute approximate surface area is 143 Å². The Morgan fingerprint density at radius 2 is 2.00 bits per heavy atom. The minimum Gasteiger partial charge on any atom is -0.318 e. The first kappa shape index (κ1) is 18.0. The van der Waals surface area contributed by atoms with Crippen LogP contribution in [0.1, 0.15) is 15.9 Å². The highest BCUT2D eigenvalue weighted by Gasteiger charge is 2.07. The van der Waals surface area contributed by atoms with Crippen LogP contribution in [-0.4, -0.2) is 22.0 Å². The molecule has 3 N–H and O–H groups in total. The van der Waals surface area contributed by atoms with Gasteiger partial charge in [0.2, 0.25) is 5.56 Å². The number of amides is 1. The van der Waals surface area contributed by atoms with Gasteiger partial charge in [-0.2, -0.15) is 0 Å². The van der Waals surface area contributed by atoms with Gasteiger partial charge in [0.15, 0.2) is 0 Å². The Balaban J connectivity index is 1.93. The van der Waals surface area contributed by atoms with Crippen molar-refractivity contribution in [2.45, 2.75) is 6.42 Å². The predicted molar refractivity (Wildman–Crippen MR) is 93.8 cm³/mol. The van der Waals surface area contributed by atoms with Gasteiger partial charge >= 0.3 is 0 Å². The quantitative estimate of drug-likeness (QED) is 0.573. The van der Waals surface area contributed by atoms with Gasteiger partial charge in [-0.15, -0.1) is 0 Å². The lowest BCUT2D eigenvalue weighted by Gasteiger charge is -2.05. The van der Waals surface area contributed by atoms with Gasteiger partial charge in [-0.1, -0.05) is 12.1 Å². The number of allylic oxidation sites excluding steroid dienone is 1. The number of halogens is 1. The molecule has 2 aromatic rings. The first-order valence-corrected chi connectivity index (χ1v) is 7.41. The highest BCUT2D eigenvalue weighted by molar-refractivity contribution is 6.10. The van der Waals surface area contributed by atoms with Crippen LogP contribution in [-0.2, 0) is 13.5 Å². The molecule has 1 aromatic carbocycles. The third kappa shape index (κ3) is 5.35. The standard InChI is InChI=1S/C18H17FN4O2/c1-23-11-13(5-8-17(23)24)18(25)22-16(21)7-6-15(20)10-12-3-2-4-14(19)9-12/h2-9,11,20H,10H2,1H3,(H2,21,22,25)/b7-6-,20-15?. The molecule has 1 heterocycles. The van der Waals surface area contributed by atoms with E-state index in [1.165, 1.54) is 54.2 Å². The molecule has 0 radical (unpaired) electrons. The number of carbonyl (C=O) groups is 1. The van der Waals surface area contributed by atoms with E-state index in [-0.39, 0.29) is 34.9 Å². The summed E-state index contributed by atoms with van der Waals surface area (Å²) in [6.45, 7) is 0. The van der Waals surface area contributed by atoms with Crippen molar-refractivity contribution in [3.8, 4) is 0 Å². The van der Waals surface area contributed by atoms with Crippen LogP contribution in [0.2, 0.25) is 0 Å². The van der Waals surface area contributed by atoms with E-state index in [1.807, 2.05) is 0 Å². The lowest BCUT2D eigenvalue weighted by molar-refractivity contribution is 0.0976. The highest BCUT2D eigenvalue weighted by Crippen LogP contribution is 2.05. The number of aromatic nitrogens is 1. The summed E-state index contributed by atoms with van der Waals surface area (Å²) in [7, 11) is 1.53. The zero-order valence-corrected chi connectivity index (χ0v) is 13.5. The first-order chi connectivity index (χ1) is 11.8. The number of hydrogen-bond acceptors (Lipinski definition) is 4. The summed E-state index contributed by atoms with van der Waals surface area (Å²) in [5, 5.41) is 17.9. The Hall–Kier alpha value is -3.35. The fourth-order valence-electron chi connectivity index (χ4n) is 2.07. The van der Waals surface area contributed by atoms with Gasteiger partial charge in [-0.3, -0.25) is 15.0 Å². The predicted octanol–water partition coefficient (Wildman–Crippen LogP) is 2.05. The maximum Gasteiger partial charge on any atom is 0.258 e. The Morgan fingerprint density at radius 3 is 2.68 bits per heavy atom. The summed E-state index contributed by atoms with van der Waals surface area (Å²) < 4.78 is 14.4. The number of benzene rings is 1. The van der Waals surface area contributed by atoms with Crippen molar-refractivity contribution >= 4 is 17.5 Å². The molecular formula is C18H17FN4O2. The minimum atomic E-state index is -0.526. The summed E-state index contributed by atoms with van der Waals surface area (Å²) in [5.74, 6) is -1.09. The fourth-order valence-corrected chi connectivity index (χ4v) is 2.07. The summed E-state index contributed by atoms with van der Waals surface area (Å²) in [6, 6.07) is 8.59. The molecule has 2 rings (SSSR count). The van der Waals surface area contributed by atoms with Crippen LogP contribution in [0.5, 0.6) is 0 Å². The molecule has 0 aliphatic rings. The average molecular weight is 340 g/mol. The van der Waals surface area contributed by atoms with E-state index in [1.54, 1.807) is 12.1 Å². The second kappa shape index (κ2) is 7.96. The van der Waals surface area contributed by atoms with Crippen molar-refractivity contribution in [3.05, 3.63) is 82.0 Å². The molecule has 0 saturated heterocycles. The number of pyridine rings is 1. The number of aryl methyl sites for hydroxylation is 1. The molecule has 1 amide bonds. The summed E-state index contributed by atoms with van der Waals surface area (Å²) in [5.41, 5.74) is 0.828. The maximum absolute atomic E-state index is 13.1. The van der Waals surface area contributed by atoms with E-state index in [0.29, 0.717) is 5.56 Å². The molecule has 128 valence electrons. The van der Waals surface area contributed by atoms with Crippen molar-refractivity contribution in [1.29, 1.82) is 10.8 Å². The number of amidine groups is 1. The smallest absolute Gasteiger partial charge is 0.258 e.